The van der Waals surface area contributed by atoms with E-state index in [4.69, 9.17) is 4.42 Å². The van der Waals surface area contributed by atoms with Gasteiger partial charge in [-0.05, 0) is 65.3 Å². The van der Waals surface area contributed by atoms with Crippen LogP contribution in [0.3, 0.4) is 0 Å². The molecular weight excluding hydrogens is 448 g/mol. The van der Waals surface area contributed by atoms with Crippen LogP contribution in [-0.4, -0.2) is 27.9 Å². The molecule has 0 aliphatic rings. The molecule has 4 rings (SSSR count). The monoisotopic (exact) mass is 466 g/mol. The predicted molar refractivity (Wildman–Crippen MR) is 118 cm³/mol. The molecule has 2 aromatic heterocycles. The van der Waals surface area contributed by atoms with E-state index in [1.54, 1.807) is 36.4 Å². The van der Waals surface area contributed by atoms with Crippen molar-refractivity contribution in [2.45, 2.75) is 13.5 Å². The first-order chi connectivity index (χ1) is 14.5. The normalized spacial score (nSPS) is 10.9. The molecule has 2 amide bonds. The van der Waals surface area contributed by atoms with E-state index in [9.17, 15) is 9.59 Å². The van der Waals surface area contributed by atoms with Gasteiger partial charge in [0.25, 0.3) is 11.8 Å². The van der Waals surface area contributed by atoms with Crippen molar-refractivity contribution in [1.82, 2.24) is 14.9 Å². The SMILES string of the molecule is Cc1nc2ccccc2n1CCNC(=O)c1cccc(NC(=O)c2ccc(Br)o2)c1. The molecular formula is C22H19BrN4O3. The zero-order chi connectivity index (χ0) is 21.1. The van der Waals surface area contributed by atoms with Crippen molar-refractivity contribution in [2.24, 2.45) is 0 Å². The first kappa shape index (κ1) is 19.9. The van der Waals surface area contributed by atoms with Crippen LogP contribution in [0, 0.1) is 6.92 Å². The van der Waals surface area contributed by atoms with E-state index in [2.05, 4.69) is 36.1 Å². The van der Waals surface area contributed by atoms with Gasteiger partial charge in [0.1, 0.15) is 5.82 Å². The first-order valence-corrected chi connectivity index (χ1v) is 10.2. The summed E-state index contributed by atoms with van der Waals surface area (Å²) >= 11 is 3.17. The maximum atomic E-state index is 12.6. The van der Waals surface area contributed by atoms with Crippen LogP contribution in [0.4, 0.5) is 5.69 Å². The van der Waals surface area contributed by atoms with Crippen LogP contribution >= 0.6 is 15.9 Å². The molecule has 0 atom stereocenters. The number of amides is 2. The third-order valence-electron chi connectivity index (χ3n) is 4.65. The molecule has 0 spiro atoms. The minimum absolute atomic E-state index is 0.180. The fourth-order valence-electron chi connectivity index (χ4n) is 3.23. The number of hydrogen-bond donors (Lipinski definition) is 2. The van der Waals surface area contributed by atoms with E-state index in [1.165, 1.54) is 0 Å². The number of nitrogens with zero attached hydrogens (tertiary/aromatic N) is 2. The summed E-state index contributed by atoms with van der Waals surface area (Å²) in [5.74, 6) is 0.481. The van der Waals surface area contributed by atoms with Crippen LogP contribution in [-0.2, 0) is 6.54 Å². The number of nitrogens with one attached hydrogen (secondary N) is 2. The number of carbonyl (C=O) groups excluding carboxylic acids is 2. The van der Waals surface area contributed by atoms with Gasteiger partial charge in [0.2, 0.25) is 0 Å². The highest BCUT2D eigenvalue weighted by molar-refractivity contribution is 9.10. The molecule has 2 aromatic carbocycles. The number of halogens is 1. The number of fused-ring (bicyclic) bond motifs is 1. The number of benzene rings is 2. The largest absolute Gasteiger partial charge is 0.444 e. The summed E-state index contributed by atoms with van der Waals surface area (Å²) in [5.41, 5.74) is 2.95. The van der Waals surface area contributed by atoms with Crippen molar-refractivity contribution in [1.29, 1.82) is 0 Å². The second-order valence-corrected chi connectivity index (χ2v) is 7.48. The maximum Gasteiger partial charge on any atom is 0.291 e. The van der Waals surface area contributed by atoms with Gasteiger partial charge in [0.15, 0.2) is 10.4 Å². The number of furan rings is 1. The lowest BCUT2D eigenvalue weighted by molar-refractivity contribution is 0.0950. The standard InChI is InChI=1S/C22H19BrN4O3/c1-14-25-17-7-2-3-8-18(17)27(14)12-11-24-21(28)15-5-4-6-16(13-15)26-22(29)19-9-10-20(23)30-19/h2-10,13H,11-12H2,1H3,(H,24,28)(H,26,29). The van der Waals surface area contributed by atoms with Crippen molar-refractivity contribution in [2.75, 3.05) is 11.9 Å². The number of hydrogen-bond acceptors (Lipinski definition) is 4. The minimum Gasteiger partial charge on any atom is -0.444 e. The van der Waals surface area contributed by atoms with Crippen LogP contribution in [0.5, 0.6) is 0 Å². The highest BCUT2D eigenvalue weighted by Gasteiger charge is 2.13. The van der Waals surface area contributed by atoms with E-state index in [-0.39, 0.29) is 17.6 Å². The molecule has 30 heavy (non-hydrogen) atoms. The second-order valence-electron chi connectivity index (χ2n) is 6.69. The Bertz CT molecular complexity index is 1230. The Morgan fingerprint density at radius 3 is 2.70 bits per heavy atom. The Morgan fingerprint density at radius 2 is 1.90 bits per heavy atom. The van der Waals surface area contributed by atoms with Crippen LogP contribution in [0.2, 0.25) is 0 Å². The maximum absolute atomic E-state index is 12.6. The summed E-state index contributed by atoms with van der Waals surface area (Å²) in [4.78, 5) is 29.3. The van der Waals surface area contributed by atoms with Gasteiger partial charge in [-0.2, -0.15) is 0 Å². The number of aryl methyl sites for hydroxylation is 1. The summed E-state index contributed by atoms with van der Waals surface area (Å²) in [6.07, 6.45) is 0. The third-order valence-corrected chi connectivity index (χ3v) is 5.07. The molecule has 0 fully saturated rings. The van der Waals surface area contributed by atoms with Gasteiger partial charge in [0, 0.05) is 24.3 Å². The molecule has 2 N–H and O–H groups in total. The van der Waals surface area contributed by atoms with Crippen LogP contribution in [0.1, 0.15) is 26.7 Å². The lowest BCUT2D eigenvalue weighted by atomic mass is 10.2. The second kappa shape index (κ2) is 8.54. The van der Waals surface area contributed by atoms with Crippen molar-refractivity contribution in [3.63, 3.8) is 0 Å². The smallest absolute Gasteiger partial charge is 0.291 e. The molecule has 0 aliphatic heterocycles. The quantitative estimate of drug-likeness (QED) is 0.441. The molecule has 0 radical (unpaired) electrons. The Hall–Kier alpha value is -3.39. The van der Waals surface area contributed by atoms with Gasteiger partial charge in [0.05, 0.1) is 11.0 Å². The number of aromatic nitrogens is 2. The van der Waals surface area contributed by atoms with Crippen LogP contribution in [0.15, 0.2) is 69.8 Å². The zero-order valence-electron chi connectivity index (χ0n) is 16.2. The van der Waals surface area contributed by atoms with Gasteiger partial charge in [-0.1, -0.05) is 18.2 Å². The average Bonchev–Trinajstić information content (AvgIpc) is 3.31. The summed E-state index contributed by atoms with van der Waals surface area (Å²) in [6, 6.07) is 17.9. The summed E-state index contributed by atoms with van der Waals surface area (Å²) in [7, 11) is 0. The predicted octanol–water partition coefficient (Wildman–Crippen LogP) is 4.38. The topological polar surface area (TPSA) is 89.2 Å². The highest BCUT2D eigenvalue weighted by atomic mass is 79.9. The number of rotatable bonds is 6. The molecule has 0 bridgehead atoms. The van der Waals surface area contributed by atoms with Crippen molar-refractivity contribution in [3.05, 3.63) is 82.5 Å². The summed E-state index contributed by atoms with van der Waals surface area (Å²) in [6.45, 7) is 3.02. The Morgan fingerprint density at radius 1 is 1.07 bits per heavy atom. The Labute approximate surface area is 181 Å². The molecule has 7 nitrogen and oxygen atoms in total. The molecule has 2 heterocycles. The van der Waals surface area contributed by atoms with Crippen LogP contribution in [0.25, 0.3) is 11.0 Å². The van der Waals surface area contributed by atoms with Gasteiger partial charge < -0.3 is 19.6 Å². The zero-order valence-corrected chi connectivity index (χ0v) is 17.8. The fourth-order valence-corrected chi connectivity index (χ4v) is 3.54. The number of imidazole rings is 1. The van der Waals surface area contributed by atoms with Gasteiger partial charge in [-0.3, -0.25) is 9.59 Å². The fraction of sp³-hybridized carbons (Fsp3) is 0.136. The molecule has 152 valence electrons. The van der Waals surface area contributed by atoms with E-state index >= 15 is 0 Å². The lowest BCUT2D eigenvalue weighted by Gasteiger charge is -2.10. The number of anilines is 1. The molecule has 0 unspecified atom stereocenters. The number of carbonyl (C=O) groups is 2. The Balaban J connectivity index is 1.38. The highest BCUT2D eigenvalue weighted by Crippen LogP contribution is 2.17. The van der Waals surface area contributed by atoms with Crippen molar-refractivity contribution in [3.8, 4) is 0 Å². The van der Waals surface area contributed by atoms with E-state index in [0.717, 1.165) is 16.9 Å². The molecule has 0 aliphatic carbocycles. The molecule has 0 saturated heterocycles. The summed E-state index contributed by atoms with van der Waals surface area (Å²) in [5, 5.41) is 5.65. The van der Waals surface area contributed by atoms with Gasteiger partial charge in [-0.25, -0.2) is 4.98 Å². The van der Waals surface area contributed by atoms with Crippen molar-refractivity contribution >= 4 is 44.5 Å². The first-order valence-electron chi connectivity index (χ1n) is 9.38. The molecule has 8 heteroatoms. The lowest BCUT2D eigenvalue weighted by Crippen LogP contribution is -2.27. The van der Waals surface area contributed by atoms with E-state index in [0.29, 0.717) is 29.0 Å². The molecule has 0 saturated carbocycles. The number of para-hydroxylation sites is 2. The average molecular weight is 467 g/mol. The minimum atomic E-state index is -0.388. The van der Waals surface area contributed by atoms with E-state index in [1.807, 2.05) is 31.2 Å². The van der Waals surface area contributed by atoms with Crippen molar-refractivity contribution < 1.29 is 14.0 Å². The van der Waals surface area contributed by atoms with Gasteiger partial charge in [-0.15, -0.1) is 0 Å². The van der Waals surface area contributed by atoms with Gasteiger partial charge >= 0.3 is 0 Å². The summed E-state index contributed by atoms with van der Waals surface area (Å²) < 4.78 is 7.79. The Kier molecular flexibility index (Phi) is 5.67. The molecule has 4 aromatic rings. The van der Waals surface area contributed by atoms with E-state index < -0.39 is 0 Å². The third kappa shape index (κ3) is 4.28. The van der Waals surface area contributed by atoms with Crippen LogP contribution < -0.4 is 10.6 Å².